The van der Waals surface area contributed by atoms with E-state index in [1.165, 1.54) is 12.0 Å². The lowest BCUT2D eigenvalue weighted by Gasteiger charge is -2.35. The lowest BCUT2D eigenvalue weighted by molar-refractivity contribution is 0.0508. The van der Waals surface area contributed by atoms with E-state index in [1.807, 2.05) is 35.2 Å². The van der Waals surface area contributed by atoms with Gasteiger partial charge in [0, 0.05) is 38.3 Å². The molecule has 0 N–H and O–H groups in total. The second-order valence-electron chi connectivity index (χ2n) is 7.44. The molecule has 0 radical (unpaired) electrons. The highest BCUT2D eigenvalue weighted by molar-refractivity contribution is 5.97. The molecule has 0 saturated carbocycles. The minimum atomic E-state index is -0.0735. The van der Waals surface area contributed by atoms with Gasteiger partial charge in [0.15, 0.2) is 24.6 Å². The van der Waals surface area contributed by atoms with Gasteiger partial charge in [0.05, 0.1) is 0 Å². The van der Waals surface area contributed by atoms with Crippen molar-refractivity contribution >= 4 is 5.91 Å². The molecule has 1 amide bonds. The second kappa shape index (κ2) is 7.85. The van der Waals surface area contributed by atoms with Crippen LogP contribution in [0, 0.1) is 0 Å². The van der Waals surface area contributed by atoms with Gasteiger partial charge in [-0.2, -0.15) is 0 Å². The van der Waals surface area contributed by atoms with E-state index >= 15 is 0 Å². The molecular formula is C22H23N3O4. The molecule has 1 aromatic carbocycles. The molecule has 1 atom stereocenters. The number of carbonyl (C=O) groups is 1. The molecule has 2 saturated heterocycles. The Bertz CT molecular complexity index is 942. The van der Waals surface area contributed by atoms with Gasteiger partial charge in [0.2, 0.25) is 0 Å². The van der Waals surface area contributed by atoms with E-state index in [1.54, 1.807) is 0 Å². The van der Waals surface area contributed by atoms with Gasteiger partial charge in [0.1, 0.15) is 11.9 Å². The third-order valence-electron chi connectivity index (χ3n) is 5.61. The average Bonchev–Trinajstić information content (AvgIpc) is 3.44. The minimum Gasteiger partial charge on any atom is -0.469 e. The van der Waals surface area contributed by atoms with Crippen LogP contribution in [0.25, 0.3) is 11.3 Å². The highest BCUT2D eigenvalue weighted by Gasteiger charge is 2.29. The number of piperazine rings is 1. The Kier molecular flexibility index (Phi) is 4.91. The third kappa shape index (κ3) is 3.71. The number of amides is 1. The largest absolute Gasteiger partial charge is 0.469 e. The predicted molar refractivity (Wildman–Crippen MR) is 106 cm³/mol. The molecule has 2 aromatic rings. The van der Waals surface area contributed by atoms with Gasteiger partial charge < -0.3 is 18.8 Å². The Labute approximate surface area is 169 Å². The lowest BCUT2D eigenvalue weighted by Crippen LogP contribution is -2.49. The molecule has 7 heteroatoms. The van der Waals surface area contributed by atoms with Crippen molar-refractivity contribution in [1.82, 2.24) is 14.8 Å². The van der Waals surface area contributed by atoms with Crippen LogP contribution in [0.1, 0.15) is 16.9 Å². The van der Waals surface area contributed by atoms with Crippen LogP contribution in [0.2, 0.25) is 0 Å². The molecule has 3 aliphatic rings. The topological polar surface area (TPSA) is 68.0 Å². The summed E-state index contributed by atoms with van der Waals surface area (Å²) in [5.41, 5.74) is 2.50. The van der Waals surface area contributed by atoms with E-state index in [0.717, 1.165) is 37.4 Å². The summed E-state index contributed by atoms with van der Waals surface area (Å²) in [6, 6.07) is 9.62. The van der Waals surface area contributed by atoms with Crippen LogP contribution < -0.4 is 0 Å². The molecule has 1 unspecified atom stereocenters. The second-order valence-corrected chi connectivity index (χ2v) is 7.44. The summed E-state index contributed by atoms with van der Waals surface area (Å²) >= 11 is 0. The van der Waals surface area contributed by atoms with Crippen LogP contribution in [-0.4, -0.2) is 66.3 Å². The molecule has 3 heterocycles. The standard InChI is InChI=1S/C22H23N3O4/c26-22(20-21(27-14-23-20)17-4-2-1-3-5-17)25-10-8-24(9-11-25)13-16-6-7-18-19(12-16)29-15-28-18/h1-6,12,14,18H,7-11,13,15H2. The molecule has 2 aliphatic heterocycles. The Morgan fingerprint density at radius 2 is 1.97 bits per heavy atom. The van der Waals surface area contributed by atoms with E-state index in [9.17, 15) is 4.79 Å². The molecule has 1 aliphatic carbocycles. The summed E-state index contributed by atoms with van der Waals surface area (Å²) in [5.74, 6) is 1.40. The maximum Gasteiger partial charge on any atom is 0.276 e. The maximum atomic E-state index is 13.0. The van der Waals surface area contributed by atoms with Crippen molar-refractivity contribution in [2.45, 2.75) is 12.5 Å². The first-order valence-electron chi connectivity index (χ1n) is 9.93. The van der Waals surface area contributed by atoms with Crippen molar-refractivity contribution in [2.75, 3.05) is 39.5 Å². The molecule has 2 fully saturated rings. The SMILES string of the molecule is O=C(c1ncoc1-c1ccccc1)N1CCN(CC2=CCC3OCOC3=C2)CC1. The van der Waals surface area contributed by atoms with E-state index in [0.29, 0.717) is 31.3 Å². The van der Waals surface area contributed by atoms with Crippen molar-refractivity contribution < 1.29 is 18.7 Å². The summed E-state index contributed by atoms with van der Waals surface area (Å²) in [6.07, 6.45) is 6.63. The predicted octanol–water partition coefficient (Wildman–Crippen LogP) is 2.69. The van der Waals surface area contributed by atoms with Gasteiger partial charge in [-0.25, -0.2) is 4.98 Å². The lowest BCUT2D eigenvalue weighted by atomic mass is 10.0. The highest BCUT2D eigenvalue weighted by atomic mass is 16.7. The van der Waals surface area contributed by atoms with E-state index in [-0.39, 0.29) is 12.0 Å². The number of rotatable bonds is 4. The average molecular weight is 393 g/mol. The molecule has 7 nitrogen and oxygen atoms in total. The number of nitrogens with zero attached hydrogens (tertiary/aromatic N) is 3. The first-order valence-corrected chi connectivity index (χ1v) is 9.93. The minimum absolute atomic E-state index is 0.0735. The monoisotopic (exact) mass is 393 g/mol. The van der Waals surface area contributed by atoms with E-state index in [4.69, 9.17) is 13.9 Å². The number of aromatic nitrogens is 1. The van der Waals surface area contributed by atoms with Crippen molar-refractivity contribution in [3.05, 3.63) is 65.9 Å². The van der Waals surface area contributed by atoms with Gasteiger partial charge in [-0.3, -0.25) is 9.69 Å². The van der Waals surface area contributed by atoms with E-state index in [2.05, 4.69) is 22.0 Å². The Hall–Kier alpha value is -2.90. The highest BCUT2D eigenvalue weighted by Crippen LogP contribution is 2.27. The normalized spacial score (nSPS) is 21.9. The van der Waals surface area contributed by atoms with Crippen molar-refractivity contribution in [3.63, 3.8) is 0 Å². The van der Waals surface area contributed by atoms with Crippen molar-refractivity contribution in [1.29, 1.82) is 0 Å². The molecule has 0 bridgehead atoms. The molecule has 0 spiro atoms. The fourth-order valence-corrected chi connectivity index (χ4v) is 4.00. The Morgan fingerprint density at radius 1 is 1.14 bits per heavy atom. The Morgan fingerprint density at radius 3 is 2.79 bits per heavy atom. The number of benzene rings is 1. The van der Waals surface area contributed by atoms with Gasteiger partial charge in [-0.15, -0.1) is 0 Å². The summed E-state index contributed by atoms with van der Waals surface area (Å²) in [4.78, 5) is 21.4. The molecule has 5 rings (SSSR count). The quantitative estimate of drug-likeness (QED) is 0.796. The van der Waals surface area contributed by atoms with Gasteiger partial charge in [0.25, 0.3) is 5.91 Å². The number of hydrogen-bond donors (Lipinski definition) is 0. The van der Waals surface area contributed by atoms with Crippen molar-refractivity contribution in [3.8, 4) is 11.3 Å². The molecular weight excluding hydrogens is 370 g/mol. The summed E-state index contributed by atoms with van der Waals surface area (Å²) in [7, 11) is 0. The first kappa shape index (κ1) is 18.1. The van der Waals surface area contributed by atoms with E-state index < -0.39 is 0 Å². The molecule has 29 heavy (non-hydrogen) atoms. The fourth-order valence-electron chi connectivity index (χ4n) is 4.00. The number of ether oxygens (including phenoxy) is 2. The number of hydrogen-bond acceptors (Lipinski definition) is 6. The third-order valence-corrected chi connectivity index (χ3v) is 5.61. The van der Waals surface area contributed by atoms with Gasteiger partial charge >= 0.3 is 0 Å². The van der Waals surface area contributed by atoms with Gasteiger partial charge in [-0.05, 0) is 18.1 Å². The molecule has 150 valence electrons. The summed E-state index contributed by atoms with van der Waals surface area (Å²) < 4.78 is 16.5. The zero-order valence-electron chi connectivity index (χ0n) is 16.1. The van der Waals surface area contributed by atoms with Crippen LogP contribution in [-0.2, 0) is 9.47 Å². The van der Waals surface area contributed by atoms with Crippen LogP contribution in [0.4, 0.5) is 0 Å². The number of carbonyl (C=O) groups excluding carboxylic acids is 1. The zero-order valence-corrected chi connectivity index (χ0v) is 16.1. The van der Waals surface area contributed by atoms with Crippen LogP contribution in [0.15, 0.2) is 64.6 Å². The first-order chi connectivity index (χ1) is 14.3. The van der Waals surface area contributed by atoms with Crippen LogP contribution in [0.3, 0.4) is 0 Å². The van der Waals surface area contributed by atoms with Gasteiger partial charge in [-0.1, -0.05) is 36.4 Å². The fraction of sp³-hybridized carbons (Fsp3) is 0.364. The summed E-state index contributed by atoms with van der Waals surface area (Å²) in [5, 5.41) is 0. The van der Waals surface area contributed by atoms with Crippen molar-refractivity contribution in [2.24, 2.45) is 0 Å². The van der Waals surface area contributed by atoms with Crippen LogP contribution >= 0.6 is 0 Å². The maximum absolute atomic E-state index is 13.0. The molecule has 1 aromatic heterocycles. The Balaban J connectivity index is 1.20. The summed E-state index contributed by atoms with van der Waals surface area (Å²) in [6.45, 7) is 4.21. The smallest absolute Gasteiger partial charge is 0.276 e. The van der Waals surface area contributed by atoms with Crippen LogP contribution in [0.5, 0.6) is 0 Å². The number of oxazole rings is 1. The number of fused-ring (bicyclic) bond motifs is 1. The zero-order chi connectivity index (χ0) is 19.6.